The number of benzene rings is 1. The lowest BCUT2D eigenvalue weighted by Gasteiger charge is -2.32. The predicted molar refractivity (Wildman–Crippen MR) is 90.7 cm³/mol. The lowest BCUT2D eigenvalue weighted by molar-refractivity contribution is 0.166. The molecule has 0 bridgehead atoms. The van der Waals surface area contributed by atoms with Crippen molar-refractivity contribution >= 4 is 0 Å². The first-order chi connectivity index (χ1) is 11.1. The fourth-order valence-electron chi connectivity index (χ4n) is 3.43. The summed E-state index contributed by atoms with van der Waals surface area (Å²) in [6.07, 6.45) is 6.47. The summed E-state index contributed by atoms with van der Waals surface area (Å²) in [5.41, 5.74) is 1.20. The third-order valence-electron chi connectivity index (χ3n) is 4.75. The number of aromatic nitrogens is 2. The van der Waals surface area contributed by atoms with E-state index >= 15 is 0 Å². The summed E-state index contributed by atoms with van der Waals surface area (Å²) in [6, 6.07) is 6.88. The van der Waals surface area contributed by atoms with Crippen molar-refractivity contribution in [2.24, 2.45) is 5.92 Å². The summed E-state index contributed by atoms with van der Waals surface area (Å²) >= 11 is 0. The number of nitrogens with zero attached hydrogens (tertiary/aromatic N) is 3. The molecule has 1 fully saturated rings. The molecule has 4 heteroatoms. The summed E-state index contributed by atoms with van der Waals surface area (Å²) in [6.45, 7) is 8.64. The van der Waals surface area contributed by atoms with Crippen LogP contribution in [0.15, 0.2) is 36.7 Å². The fraction of sp³-hybridized carbons (Fsp3) is 0.526. The second-order valence-corrected chi connectivity index (χ2v) is 6.94. The molecule has 0 atom stereocenters. The number of piperidine rings is 1. The minimum absolute atomic E-state index is 0.159. The number of halogens is 1. The van der Waals surface area contributed by atoms with E-state index in [9.17, 15) is 4.39 Å². The summed E-state index contributed by atoms with van der Waals surface area (Å²) in [5.74, 6) is 2.24. The van der Waals surface area contributed by atoms with Crippen molar-refractivity contribution in [2.45, 2.75) is 45.7 Å². The molecule has 1 aliphatic rings. The SMILES string of the molecule is CC(C)c1nccn1CC1CCN(Cc2ccc(F)cc2)CC1. The second-order valence-electron chi connectivity index (χ2n) is 6.94. The van der Waals surface area contributed by atoms with E-state index in [1.54, 1.807) is 12.1 Å². The van der Waals surface area contributed by atoms with Gasteiger partial charge in [-0.2, -0.15) is 0 Å². The fourth-order valence-corrected chi connectivity index (χ4v) is 3.43. The number of imidazole rings is 1. The van der Waals surface area contributed by atoms with Crippen LogP contribution in [0.2, 0.25) is 0 Å². The van der Waals surface area contributed by atoms with Gasteiger partial charge in [0.15, 0.2) is 0 Å². The first-order valence-corrected chi connectivity index (χ1v) is 8.59. The molecule has 0 radical (unpaired) electrons. The van der Waals surface area contributed by atoms with Crippen LogP contribution in [0, 0.1) is 11.7 Å². The average Bonchev–Trinajstić information content (AvgIpc) is 3.00. The first kappa shape index (κ1) is 16.2. The summed E-state index contributed by atoms with van der Waals surface area (Å²) in [4.78, 5) is 6.95. The second kappa shape index (κ2) is 7.26. The highest BCUT2D eigenvalue weighted by Crippen LogP contribution is 2.22. The molecule has 1 aliphatic heterocycles. The van der Waals surface area contributed by atoms with Crippen LogP contribution >= 0.6 is 0 Å². The molecular formula is C19H26FN3. The standard InChI is InChI=1S/C19H26FN3/c1-15(2)19-21-9-12-23(19)14-17-7-10-22(11-8-17)13-16-3-5-18(20)6-4-16/h3-6,9,12,15,17H,7-8,10-11,13-14H2,1-2H3. The minimum atomic E-state index is -0.159. The van der Waals surface area contributed by atoms with Gasteiger partial charge in [-0.25, -0.2) is 9.37 Å². The molecule has 0 unspecified atom stereocenters. The Bertz CT molecular complexity index is 610. The van der Waals surface area contributed by atoms with Crippen LogP contribution in [0.4, 0.5) is 4.39 Å². The van der Waals surface area contributed by atoms with Crippen molar-refractivity contribution in [3.8, 4) is 0 Å². The highest BCUT2D eigenvalue weighted by atomic mass is 19.1. The topological polar surface area (TPSA) is 21.1 Å². The van der Waals surface area contributed by atoms with Crippen LogP contribution in [0.5, 0.6) is 0 Å². The first-order valence-electron chi connectivity index (χ1n) is 8.59. The monoisotopic (exact) mass is 315 g/mol. The van der Waals surface area contributed by atoms with Crippen LogP contribution < -0.4 is 0 Å². The van der Waals surface area contributed by atoms with Gasteiger partial charge in [0.1, 0.15) is 11.6 Å². The Morgan fingerprint density at radius 1 is 1.17 bits per heavy atom. The highest BCUT2D eigenvalue weighted by Gasteiger charge is 2.20. The van der Waals surface area contributed by atoms with Gasteiger partial charge in [0.05, 0.1) is 0 Å². The van der Waals surface area contributed by atoms with Crippen molar-refractivity contribution in [1.29, 1.82) is 0 Å². The van der Waals surface area contributed by atoms with Gasteiger partial charge in [0.25, 0.3) is 0 Å². The molecule has 3 rings (SSSR count). The lowest BCUT2D eigenvalue weighted by atomic mass is 9.96. The molecule has 0 spiro atoms. The highest BCUT2D eigenvalue weighted by molar-refractivity contribution is 5.15. The Hall–Kier alpha value is -1.68. The van der Waals surface area contributed by atoms with Crippen molar-refractivity contribution in [2.75, 3.05) is 13.1 Å². The normalized spacial score (nSPS) is 17.0. The maximum Gasteiger partial charge on any atom is 0.123 e. The maximum atomic E-state index is 13.0. The molecule has 1 saturated heterocycles. The van der Waals surface area contributed by atoms with E-state index in [2.05, 4.69) is 34.5 Å². The zero-order chi connectivity index (χ0) is 16.2. The van der Waals surface area contributed by atoms with Gasteiger partial charge in [0.2, 0.25) is 0 Å². The van der Waals surface area contributed by atoms with E-state index in [0.717, 1.165) is 32.1 Å². The number of likely N-dealkylation sites (tertiary alicyclic amines) is 1. The molecule has 0 saturated carbocycles. The Kier molecular flexibility index (Phi) is 5.11. The molecule has 2 aromatic rings. The van der Waals surface area contributed by atoms with Crippen molar-refractivity contribution < 1.29 is 4.39 Å². The quantitative estimate of drug-likeness (QED) is 0.830. The largest absolute Gasteiger partial charge is 0.334 e. The smallest absolute Gasteiger partial charge is 0.123 e. The predicted octanol–water partition coefficient (Wildman–Crippen LogP) is 4.06. The number of rotatable bonds is 5. The van der Waals surface area contributed by atoms with Gasteiger partial charge >= 0.3 is 0 Å². The minimum Gasteiger partial charge on any atom is -0.334 e. The maximum absolute atomic E-state index is 13.0. The van der Waals surface area contributed by atoms with Crippen LogP contribution in [0.25, 0.3) is 0 Å². The Labute approximate surface area is 138 Å². The van der Waals surface area contributed by atoms with Gasteiger partial charge in [-0.3, -0.25) is 4.90 Å². The van der Waals surface area contributed by atoms with Gasteiger partial charge in [-0.1, -0.05) is 26.0 Å². The third-order valence-corrected chi connectivity index (χ3v) is 4.75. The summed E-state index contributed by atoms with van der Waals surface area (Å²) in [5, 5.41) is 0. The molecule has 0 amide bonds. The molecule has 23 heavy (non-hydrogen) atoms. The van der Waals surface area contributed by atoms with Crippen LogP contribution in [0.1, 0.15) is 44.0 Å². The zero-order valence-corrected chi connectivity index (χ0v) is 14.1. The molecule has 0 aliphatic carbocycles. The van der Waals surface area contributed by atoms with Crippen molar-refractivity contribution in [3.63, 3.8) is 0 Å². The summed E-state index contributed by atoms with van der Waals surface area (Å²) in [7, 11) is 0. The average molecular weight is 315 g/mol. The lowest BCUT2D eigenvalue weighted by Crippen LogP contribution is -2.34. The van der Waals surface area contributed by atoms with Gasteiger partial charge in [-0.05, 0) is 49.5 Å². The van der Waals surface area contributed by atoms with Crippen molar-refractivity contribution in [3.05, 3.63) is 53.9 Å². The molecule has 3 nitrogen and oxygen atoms in total. The third kappa shape index (κ3) is 4.20. The molecular weight excluding hydrogens is 289 g/mol. The summed E-state index contributed by atoms with van der Waals surface area (Å²) < 4.78 is 15.3. The van der Waals surface area contributed by atoms with E-state index < -0.39 is 0 Å². The van der Waals surface area contributed by atoms with E-state index in [4.69, 9.17) is 0 Å². The van der Waals surface area contributed by atoms with Gasteiger partial charge < -0.3 is 4.57 Å². The number of hydrogen-bond acceptors (Lipinski definition) is 2. The van der Waals surface area contributed by atoms with E-state index in [0.29, 0.717) is 5.92 Å². The Morgan fingerprint density at radius 3 is 2.52 bits per heavy atom. The molecule has 1 aromatic heterocycles. The van der Waals surface area contributed by atoms with Crippen LogP contribution in [-0.4, -0.2) is 27.5 Å². The molecule has 1 aromatic carbocycles. The van der Waals surface area contributed by atoms with E-state index in [1.165, 1.54) is 24.2 Å². The van der Waals surface area contributed by atoms with E-state index in [1.807, 2.05) is 18.3 Å². The molecule has 0 N–H and O–H groups in total. The van der Waals surface area contributed by atoms with E-state index in [-0.39, 0.29) is 5.82 Å². The van der Waals surface area contributed by atoms with Crippen LogP contribution in [-0.2, 0) is 13.1 Å². The van der Waals surface area contributed by atoms with Gasteiger partial charge in [-0.15, -0.1) is 0 Å². The Balaban J connectivity index is 1.50. The van der Waals surface area contributed by atoms with Crippen LogP contribution in [0.3, 0.4) is 0 Å². The van der Waals surface area contributed by atoms with Gasteiger partial charge in [0, 0.05) is 31.4 Å². The zero-order valence-electron chi connectivity index (χ0n) is 14.1. The number of hydrogen-bond donors (Lipinski definition) is 0. The molecule has 2 heterocycles. The molecule has 124 valence electrons. The van der Waals surface area contributed by atoms with Crippen molar-refractivity contribution in [1.82, 2.24) is 14.5 Å². The Morgan fingerprint density at radius 2 is 1.87 bits per heavy atom.